The van der Waals surface area contributed by atoms with Crippen LogP contribution in [0.15, 0.2) is 54.6 Å². The first-order chi connectivity index (χ1) is 13.4. The van der Waals surface area contributed by atoms with Crippen LogP contribution in [-0.4, -0.2) is 30.9 Å². The predicted octanol–water partition coefficient (Wildman–Crippen LogP) is 2.30. The van der Waals surface area contributed by atoms with Crippen LogP contribution in [0.4, 0.5) is 4.39 Å². The standard InChI is InChI=1S/C21H23FN2O4/c1-15(25)24-19(17-5-3-2-4-6-17)13-21(27)28-14-20(26)23-12-11-16-7-9-18(22)10-8-16/h2-10,19H,11-14H2,1H3,(H,23,26)(H,24,25)/t19-/m0/s1. The van der Waals surface area contributed by atoms with Crippen molar-refractivity contribution in [3.63, 3.8) is 0 Å². The molecule has 6 nitrogen and oxygen atoms in total. The Morgan fingerprint density at radius 2 is 1.71 bits per heavy atom. The molecule has 0 unspecified atom stereocenters. The molecule has 2 N–H and O–H groups in total. The Bertz CT molecular complexity index is 794. The number of benzene rings is 2. The van der Waals surface area contributed by atoms with Crippen LogP contribution in [0.5, 0.6) is 0 Å². The van der Waals surface area contributed by atoms with Gasteiger partial charge in [0.1, 0.15) is 5.82 Å². The second kappa shape index (κ2) is 10.8. The quantitative estimate of drug-likeness (QED) is 0.648. The second-order valence-electron chi connectivity index (χ2n) is 6.26. The van der Waals surface area contributed by atoms with Crippen LogP contribution in [0.2, 0.25) is 0 Å². The molecule has 7 heteroatoms. The zero-order chi connectivity index (χ0) is 20.4. The number of carbonyl (C=O) groups excluding carboxylic acids is 3. The van der Waals surface area contributed by atoms with Crippen LogP contribution in [0, 0.1) is 5.82 Å². The Labute approximate surface area is 163 Å². The highest BCUT2D eigenvalue weighted by molar-refractivity contribution is 5.81. The lowest BCUT2D eigenvalue weighted by molar-refractivity contribution is -0.149. The average Bonchev–Trinajstić information content (AvgIpc) is 2.68. The molecule has 0 aliphatic heterocycles. The van der Waals surface area contributed by atoms with Crippen molar-refractivity contribution in [2.24, 2.45) is 0 Å². The molecule has 0 saturated heterocycles. The van der Waals surface area contributed by atoms with Gasteiger partial charge in [-0.15, -0.1) is 0 Å². The molecule has 2 aromatic rings. The molecule has 28 heavy (non-hydrogen) atoms. The van der Waals surface area contributed by atoms with E-state index in [1.807, 2.05) is 18.2 Å². The van der Waals surface area contributed by atoms with E-state index in [-0.39, 0.29) is 18.1 Å². The molecule has 2 amide bonds. The average molecular weight is 386 g/mol. The molecular formula is C21H23FN2O4. The molecule has 2 aromatic carbocycles. The molecule has 0 aromatic heterocycles. The zero-order valence-corrected chi connectivity index (χ0v) is 15.6. The predicted molar refractivity (Wildman–Crippen MR) is 102 cm³/mol. The lowest BCUT2D eigenvalue weighted by Crippen LogP contribution is -2.32. The number of esters is 1. The van der Waals surface area contributed by atoms with Crippen LogP contribution < -0.4 is 10.6 Å². The van der Waals surface area contributed by atoms with Gasteiger partial charge in [-0.2, -0.15) is 0 Å². The lowest BCUT2D eigenvalue weighted by Gasteiger charge is -2.17. The van der Waals surface area contributed by atoms with E-state index in [4.69, 9.17) is 4.74 Å². The van der Waals surface area contributed by atoms with Crippen LogP contribution in [0.3, 0.4) is 0 Å². The molecule has 0 saturated carbocycles. The number of rotatable bonds is 9. The largest absolute Gasteiger partial charge is 0.456 e. The van der Waals surface area contributed by atoms with Gasteiger partial charge >= 0.3 is 5.97 Å². The monoisotopic (exact) mass is 386 g/mol. The number of carbonyl (C=O) groups is 3. The highest BCUT2D eigenvalue weighted by Crippen LogP contribution is 2.17. The van der Waals surface area contributed by atoms with Crippen LogP contribution in [0.1, 0.15) is 30.5 Å². The maximum absolute atomic E-state index is 12.8. The molecule has 0 radical (unpaired) electrons. The van der Waals surface area contributed by atoms with Gasteiger partial charge < -0.3 is 15.4 Å². The van der Waals surface area contributed by atoms with Crippen molar-refractivity contribution in [2.45, 2.75) is 25.8 Å². The van der Waals surface area contributed by atoms with E-state index in [0.29, 0.717) is 13.0 Å². The summed E-state index contributed by atoms with van der Waals surface area (Å²) in [6.07, 6.45) is 0.463. The van der Waals surface area contributed by atoms with E-state index in [1.165, 1.54) is 19.1 Å². The van der Waals surface area contributed by atoms with Gasteiger partial charge in [-0.1, -0.05) is 42.5 Å². The molecule has 0 spiro atoms. The highest BCUT2D eigenvalue weighted by atomic mass is 19.1. The molecule has 1 atom stereocenters. The van der Waals surface area contributed by atoms with Crippen molar-refractivity contribution >= 4 is 17.8 Å². The Kier molecular flexibility index (Phi) is 8.14. The maximum atomic E-state index is 12.8. The number of halogens is 1. The smallest absolute Gasteiger partial charge is 0.308 e. The van der Waals surface area contributed by atoms with Gasteiger partial charge in [-0.25, -0.2) is 4.39 Å². The maximum Gasteiger partial charge on any atom is 0.308 e. The first-order valence-corrected chi connectivity index (χ1v) is 8.93. The Hall–Kier alpha value is -3.22. The summed E-state index contributed by atoms with van der Waals surface area (Å²) >= 11 is 0. The molecule has 0 heterocycles. The van der Waals surface area contributed by atoms with Gasteiger partial charge in [0, 0.05) is 13.5 Å². The van der Waals surface area contributed by atoms with Gasteiger partial charge in [-0.05, 0) is 29.7 Å². The SMILES string of the molecule is CC(=O)N[C@@H](CC(=O)OCC(=O)NCCc1ccc(F)cc1)c1ccccc1. The van der Waals surface area contributed by atoms with Gasteiger partial charge in [0.15, 0.2) is 6.61 Å². The second-order valence-corrected chi connectivity index (χ2v) is 6.26. The minimum atomic E-state index is -0.587. The third kappa shape index (κ3) is 7.57. The summed E-state index contributed by atoms with van der Waals surface area (Å²) < 4.78 is 17.8. The molecule has 0 aliphatic carbocycles. The van der Waals surface area contributed by atoms with Crippen LogP contribution >= 0.6 is 0 Å². The van der Waals surface area contributed by atoms with Crippen LogP contribution in [0.25, 0.3) is 0 Å². The summed E-state index contributed by atoms with van der Waals surface area (Å²) in [5, 5.41) is 5.34. The van der Waals surface area contributed by atoms with E-state index >= 15 is 0 Å². The van der Waals surface area contributed by atoms with Gasteiger partial charge in [0.05, 0.1) is 12.5 Å². The molecule has 148 valence electrons. The number of hydrogen-bond acceptors (Lipinski definition) is 4. The van der Waals surface area contributed by atoms with Crippen molar-refractivity contribution in [3.05, 3.63) is 71.5 Å². The van der Waals surface area contributed by atoms with Gasteiger partial charge in [0.2, 0.25) is 5.91 Å². The van der Waals surface area contributed by atoms with Crippen molar-refractivity contribution in [1.29, 1.82) is 0 Å². The summed E-state index contributed by atoms with van der Waals surface area (Å²) in [5.41, 5.74) is 1.66. The first-order valence-electron chi connectivity index (χ1n) is 8.93. The fraction of sp³-hybridized carbons (Fsp3) is 0.286. The topological polar surface area (TPSA) is 84.5 Å². The fourth-order valence-electron chi connectivity index (χ4n) is 2.60. The third-order valence-corrected chi connectivity index (χ3v) is 3.96. The van der Waals surface area contributed by atoms with Crippen LogP contribution in [-0.2, 0) is 25.5 Å². The molecular weight excluding hydrogens is 363 g/mol. The number of hydrogen-bond donors (Lipinski definition) is 2. The minimum Gasteiger partial charge on any atom is -0.456 e. The lowest BCUT2D eigenvalue weighted by atomic mass is 10.0. The van der Waals surface area contributed by atoms with Crippen molar-refractivity contribution < 1.29 is 23.5 Å². The number of ether oxygens (including phenoxy) is 1. The van der Waals surface area contributed by atoms with E-state index in [0.717, 1.165) is 11.1 Å². The summed E-state index contributed by atoms with van der Waals surface area (Å²) in [7, 11) is 0. The normalized spacial score (nSPS) is 11.4. The Balaban J connectivity index is 1.74. The minimum absolute atomic E-state index is 0.0769. The van der Waals surface area contributed by atoms with E-state index in [1.54, 1.807) is 24.3 Å². The number of amides is 2. The summed E-state index contributed by atoms with van der Waals surface area (Å²) in [6, 6.07) is 14.5. The summed E-state index contributed by atoms with van der Waals surface area (Å²) in [6.45, 7) is 1.32. The summed E-state index contributed by atoms with van der Waals surface area (Å²) in [4.78, 5) is 35.2. The molecule has 0 aliphatic rings. The molecule has 0 fully saturated rings. The Morgan fingerprint density at radius 3 is 2.36 bits per heavy atom. The molecule has 2 rings (SSSR count). The van der Waals surface area contributed by atoms with E-state index in [2.05, 4.69) is 10.6 Å². The number of nitrogens with one attached hydrogen (secondary N) is 2. The third-order valence-electron chi connectivity index (χ3n) is 3.96. The Morgan fingerprint density at radius 1 is 1.04 bits per heavy atom. The first kappa shape index (κ1) is 21.1. The van der Waals surface area contributed by atoms with Gasteiger partial charge in [0.25, 0.3) is 5.91 Å². The molecule has 0 bridgehead atoms. The van der Waals surface area contributed by atoms with E-state index < -0.39 is 24.5 Å². The summed E-state index contributed by atoms with van der Waals surface area (Å²) in [5.74, 6) is -1.59. The van der Waals surface area contributed by atoms with Gasteiger partial charge in [-0.3, -0.25) is 14.4 Å². The van der Waals surface area contributed by atoms with E-state index in [9.17, 15) is 18.8 Å². The zero-order valence-electron chi connectivity index (χ0n) is 15.6. The fourth-order valence-corrected chi connectivity index (χ4v) is 2.60. The highest BCUT2D eigenvalue weighted by Gasteiger charge is 2.18. The van der Waals surface area contributed by atoms with Crippen molar-refractivity contribution in [2.75, 3.05) is 13.2 Å². The van der Waals surface area contributed by atoms with Crippen molar-refractivity contribution in [3.8, 4) is 0 Å². The van der Waals surface area contributed by atoms with Crippen molar-refractivity contribution in [1.82, 2.24) is 10.6 Å².